The van der Waals surface area contributed by atoms with Gasteiger partial charge < -0.3 is 24.4 Å². The zero-order valence-electron chi connectivity index (χ0n) is 16.9. The van der Waals surface area contributed by atoms with Crippen LogP contribution < -0.4 is 14.8 Å². The summed E-state index contributed by atoms with van der Waals surface area (Å²) in [6.07, 6.45) is 3.02. The van der Waals surface area contributed by atoms with E-state index in [-0.39, 0.29) is 18.1 Å². The minimum atomic E-state index is -0.404. The van der Waals surface area contributed by atoms with Crippen LogP contribution >= 0.6 is 0 Å². The molecule has 1 aromatic rings. The summed E-state index contributed by atoms with van der Waals surface area (Å²) in [6.45, 7) is 2.63. The van der Waals surface area contributed by atoms with Gasteiger partial charge >= 0.3 is 12.0 Å². The molecule has 2 heterocycles. The summed E-state index contributed by atoms with van der Waals surface area (Å²) in [5.41, 5.74) is 2.22. The zero-order valence-corrected chi connectivity index (χ0v) is 16.9. The van der Waals surface area contributed by atoms with E-state index in [0.29, 0.717) is 30.0 Å². The molecule has 2 atom stereocenters. The number of methoxy groups -OCH3 is 3. The smallest absolute Gasteiger partial charge is 0.336 e. The van der Waals surface area contributed by atoms with Crippen LogP contribution in [0, 0.1) is 0 Å². The summed E-state index contributed by atoms with van der Waals surface area (Å²) in [5.74, 6) is 0.787. The summed E-state index contributed by atoms with van der Waals surface area (Å²) in [7, 11) is 4.54. The average Bonchev–Trinajstić information content (AvgIpc) is 3.04. The van der Waals surface area contributed by atoms with Gasteiger partial charge in [-0.3, -0.25) is 0 Å². The van der Waals surface area contributed by atoms with Gasteiger partial charge in [0.2, 0.25) is 0 Å². The van der Waals surface area contributed by atoms with E-state index in [1.54, 1.807) is 14.2 Å². The van der Waals surface area contributed by atoms with E-state index >= 15 is 0 Å². The summed E-state index contributed by atoms with van der Waals surface area (Å²) < 4.78 is 16.1. The second-order valence-corrected chi connectivity index (χ2v) is 7.02. The maximum atomic E-state index is 12.8. The molecule has 28 heavy (non-hydrogen) atoms. The molecule has 2 amide bonds. The minimum Gasteiger partial charge on any atom is -0.493 e. The lowest BCUT2D eigenvalue weighted by molar-refractivity contribution is -0.136. The van der Waals surface area contributed by atoms with Gasteiger partial charge in [-0.25, -0.2) is 9.59 Å². The summed E-state index contributed by atoms with van der Waals surface area (Å²) in [4.78, 5) is 27.3. The number of hydrogen-bond donors (Lipinski definition) is 1. The highest BCUT2D eigenvalue weighted by Crippen LogP contribution is 2.47. The number of hydrogen-bond acceptors (Lipinski definition) is 5. The van der Waals surface area contributed by atoms with Gasteiger partial charge in [-0.15, -0.1) is 0 Å². The Morgan fingerprint density at radius 2 is 1.96 bits per heavy atom. The molecule has 1 aromatic carbocycles. The fraction of sp³-hybridized carbons (Fsp3) is 0.524. The van der Waals surface area contributed by atoms with Crippen LogP contribution in [-0.4, -0.2) is 56.9 Å². The van der Waals surface area contributed by atoms with Gasteiger partial charge in [0.1, 0.15) is 0 Å². The molecule has 0 unspecified atom stereocenters. The van der Waals surface area contributed by atoms with Crippen LogP contribution in [0.1, 0.15) is 38.2 Å². The Balaban J connectivity index is 2.10. The summed E-state index contributed by atoms with van der Waals surface area (Å²) in [5, 5.41) is 2.94. The quantitative estimate of drug-likeness (QED) is 0.758. The van der Waals surface area contributed by atoms with Crippen molar-refractivity contribution < 1.29 is 23.8 Å². The number of para-hydroxylation sites is 1. The predicted molar refractivity (Wildman–Crippen MR) is 105 cm³/mol. The average molecular weight is 388 g/mol. The monoisotopic (exact) mass is 388 g/mol. The lowest BCUT2D eigenvalue weighted by Crippen LogP contribution is -2.51. The van der Waals surface area contributed by atoms with Crippen LogP contribution in [0.4, 0.5) is 4.79 Å². The molecule has 0 aliphatic carbocycles. The molecule has 2 aliphatic heterocycles. The number of carbonyl (C=O) groups is 2. The maximum Gasteiger partial charge on any atom is 0.336 e. The van der Waals surface area contributed by atoms with E-state index in [9.17, 15) is 9.59 Å². The third-order valence-corrected chi connectivity index (χ3v) is 5.49. The molecule has 152 valence electrons. The first-order chi connectivity index (χ1) is 13.6. The number of benzene rings is 1. The first kappa shape index (κ1) is 20.0. The highest BCUT2D eigenvalue weighted by atomic mass is 16.5. The van der Waals surface area contributed by atoms with E-state index in [1.165, 1.54) is 7.11 Å². The van der Waals surface area contributed by atoms with Gasteiger partial charge in [-0.1, -0.05) is 19.1 Å². The largest absolute Gasteiger partial charge is 0.493 e. The van der Waals surface area contributed by atoms with Gasteiger partial charge in [0, 0.05) is 18.2 Å². The molecule has 3 rings (SSSR count). The molecule has 2 bridgehead atoms. The number of ether oxygens (including phenoxy) is 3. The molecule has 7 heteroatoms. The van der Waals surface area contributed by atoms with Crippen LogP contribution in [0.3, 0.4) is 0 Å². The van der Waals surface area contributed by atoms with Crippen molar-refractivity contribution in [3.05, 3.63) is 29.3 Å². The number of amides is 2. The Morgan fingerprint density at radius 3 is 2.61 bits per heavy atom. The Kier molecular flexibility index (Phi) is 6.11. The van der Waals surface area contributed by atoms with Crippen molar-refractivity contribution in [3.8, 4) is 11.5 Å². The fourth-order valence-electron chi connectivity index (χ4n) is 4.29. The van der Waals surface area contributed by atoms with Crippen molar-refractivity contribution in [2.45, 2.75) is 44.7 Å². The number of rotatable bonds is 6. The predicted octanol–water partition coefficient (Wildman–Crippen LogP) is 2.99. The molecule has 2 aliphatic rings. The number of nitrogens with zero attached hydrogens (tertiary/aromatic N) is 1. The zero-order chi connectivity index (χ0) is 20.3. The lowest BCUT2D eigenvalue weighted by atomic mass is 9.88. The number of fused-ring (bicyclic) bond motifs is 2. The normalized spacial score (nSPS) is 20.8. The Bertz CT molecular complexity index is 789. The van der Waals surface area contributed by atoms with Gasteiger partial charge in [0.15, 0.2) is 11.5 Å². The van der Waals surface area contributed by atoms with E-state index in [0.717, 1.165) is 30.4 Å². The number of urea groups is 1. The van der Waals surface area contributed by atoms with Crippen LogP contribution in [-0.2, 0) is 9.53 Å². The highest BCUT2D eigenvalue weighted by molar-refractivity contribution is 6.01. The Morgan fingerprint density at radius 1 is 1.18 bits per heavy atom. The maximum absolute atomic E-state index is 12.8. The minimum absolute atomic E-state index is 0.0427. The Hall–Kier alpha value is -2.70. The summed E-state index contributed by atoms with van der Waals surface area (Å²) in [6, 6.07) is 5.25. The second-order valence-electron chi connectivity index (χ2n) is 7.02. The molecule has 1 fully saturated rings. The number of carbonyl (C=O) groups excluding carboxylic acids is 2. The number of nitrogens with one attached hydrogen (secondary N) is 1. The lowest BCUT2D eigenvalue weighted by Gasteiger charge is -2.37. The second kappa shape index (κ2) is 8.54. The molecule has 1 saturated heterocycles. The van der Waals surface area contributed by atoms with E-state index in [2.05, 4.69) is 5.32 Å². The number of esters is 1. The Labute approximate surface area is 165 Å². The SMILES string of the molecule is CCCNC(=O)N1[C@H]2CC[C@@H]1C(C(=O)OC)=C(c1cccc(OC)c1OC)C2. The molecule has 1 N–H and O–H groups in total. The first-order valence-corrected chi connectivity index (χ1v) is 9.66. The summed E-state index contributed by atoms with van der Waals surface area (Å²) >= 11 is 0. The highest BCUT2D eigenvalue weighted by Gasteiger charge is 2.47. The first-order valence-electron chi connectivity index (χ1n) is 9.66. The standard InChI is InChI=1S/C21H28N2O5/c1-5-11-22-21(25)23-13-9-10-16(23)18(20(24)28-4)15(12-13)14-7-6-8-17(26-2)19(14)27-3/h6-8,13,16H,5,9-12H2,1-4H3,(H,22,25)/t13-,16+/m0/s1. The van der Waals surface area contributed by atoms with Crippen molar-refractivity contribution >= 4 is 17.6 Å². The molecular formula is C21H28N2O5. The fourth-order valence-corrected chi connectivity index (χ4v) is 4.29. The van der Waals surface area contributed by atoms with E-state index < -0.39 is 5.97 Å². The van der Waals surface area contributed by atoms with Crippen LogP contribution in [0.5, 0.6) is 11.5 Å². The third kappa shape index (κ3) is 3.41. The van der Waals surface area contributed by atoms with Crippen molar-refractivity contribution in [3.63, 3.8) is 0 Å². The molecule has 0 aromatic heterocycles. The van der Waals surface area contributed by atoms with Gasteiger partial charge in [-0.05, 0) is 37.3 Å². The van der Waals surface area contributed by atoms with E-state index in [1.807, 2.05) is 30.0 Å². The van der Waals surface area contributed by atoms with Crippen LogP contribution in [0.15, 0.2) is 23.8 Å². The van der Waals surface area contributed by atoms with Crippen LogP contribution in [0.25, 0.3) is 5.57 Å². The van der Waals surface area contributed by atoms with Gasteiger partial charge in [0.05, 0.1) is 32.9 Å². The van der Waals surface area contributed by atoms with Crippen molar-refractivity contribution in [2.24, 2.45) is 0 Å². The molecule has 0 saturated carbocycles. The van der Waals surface area contributed by atoms with Gasteiger partial charge in [0.25, 0.3) is 0 Å². The molecule has 7 nitrogen and oxygen atoms in total. The third-order valence-electron chi connectivity index (χ3n) is 5.49. The topological polar surface area (TPSA) is 77.1 Å². The van der Waals surface area contributed by atoms with Crippen LogP contribution in [0.2, 0.25) is 0 Å². The van der Waals surface area contributed by atoms with Crippen molar-refractivity contribution in [1.29, 1.82) is 0 Å². The van der Waals surface area contributed by atoms with Gasteiger partial charge in [-0.2, -0.15) is 0 Å². The molecular weight excluding hydrogens is 360 g/mol. The van der Waals surface area contributed by atoms with Crippen molar-refractivity contribution in [2.75, 3.05) is 27.9 Å². The van der Waals surface area contributed by atoms with Crippen molar-refractivity contribution in [1.82, 2.24) is 10.2 Å². The molecule has 0 radical (unpaired) electrons. The molecule has 0 spiro atoms. The van der Waals surface area contributed by atoms with E-state index in [4.69, 9.17) is 14.2 Å².